The molecule has 0 aliphatic carbocycles. The van der Waals surface area contributed by atoms with Crippen LogP contribution >= 0.6 is 0 Å². The van der Waals surface area contributed by atoms with Crippen LogP contribution in [0.1, 0.15) is 12.5 Å². The summed E-state index contributed by atoms with van der Waals surface area (Å²) >= 11 is 0. The molecule has 1 amide bonds. The second-order valence-corrected chi connectivity index (χ2v) is 4.90. The number of anilines is 1. The van der Waals surface area contributed by atoms with Gasteiger partial charge in [0.25, 0.3) is 5.91 Å². The molecule has 0 saturated heterocycles. The largest absolute Gasteiger partial charge is 0.452 e. The van der Waals surface area contributed by atoms with Crippen molar-refractivity contribution >= 4 is 17.6 Å². The summed E-state index contributed by atoms with van der Waals surface area (Å²) in [6.45, 7) is 1.39. The molecule has 1 atom stereocenters. The number of rotatable bonds is 5. The zero-order valence-corrected chi connectivity index (χ0v) is 12.4. The van der Waals surface area contributed by atoms with Crippen molar-refractivity contribution in [3.8, 4) is 0 Å². The first-order valence-corrected chi connectivity index (χ1v) is 6.95. The fourth-order valence-corrected chi connectivity index (χ4v) is 1.86. The van der Waals surface area contributed by atoms with Gasteiger partial charge in [0.15, 0.2) is 6.10 Å². The van der Waals surface area contributed by atoms with E-state index in [1.807, 2.05) is 0 Å². The number of halogens is 2. The second kappa shape index (κ2) is 7.49. The van der Waals surface area contributed by atoms with Gasteiger partial charge in [-0.15, -0.1) is 0 Å². The highest BCUT2D eigenvalue weighted by molar-refractivity contribution is 5.95. The van der Waals surface area contributed by atoms with E-state index in [9.17, 15) is 18.4 Å². The molecule has 0 aromatic heterocycles. The maximum absolute atomic E-state index is 13.4. The molecule has 2 aromatic rings. The highest BCUT2D eigenvalue weighted by Crippen LogP contribution is 2.13. The normalized spacial score (nSPS) is 11.6. The fraction of sp³-hybridized carbons (Fsp3) is 0.176. The van der Waals surface area contributed by atoms with Gasteiger partial charge in [-0.2, -0.15) is 0 Å². The third-order valence-corrected chi connectivity index (χ3v) is 3.07. The Morgan fingerprint density at radius 3 is 2.39 bits per heavy atom. The second-order valence-electron chi connectivity index (χ2n) is 4.90. The Hall–Kier alpha value is -2.76. The van der Waals surface area contributed by atoms with E-state index in [1.54, 1.807) is 6.07 Å². The predicted molar refractivity (Wildman–Crippen MR) is 80.7 cm³/mol. The molecule has 0 fully saturated rings. The van der Waals surface area contributed by atoms with E-state index < -0.39 is 29.6 Å². The van der Waals surface area contributed by atoms with Gasteiger partial charge >= 0.3 is 5.97 Å². The molecule has 0 radical (unpaired) electrons. The molecular formula is C17H15F2NO3. The molecule has 4 nitrogen and oxygen atoms in total. The maximum atomic E-state index is 13.4. The third kappa shape index (κ3) is 4.88. The number of esters is 1. The van der Waals surface area contributed by atoms with Crippen molar-refractivity contribution < 1.29 is 23.1 Å². The molecule has 2 rings (SSSR count). The van der Waals surface area contributed by atoms with Gasteiger partial charge in [-0.25, -0.2) is 8.78 Å². The molecule has 0 heterocycles. The number of hydrogen-bond donors (Lipinski definition) is 1. The minimum atomic E-state index is -1.08. The first kappa shape index (κ1) is 16.6. The van der Waals surface area contributed by atoms with Crippen LogP contribution in [0.25, 0.3) is 0 Å². The van der Waals surface area contributed by atoms with Crippen molar-refractivity contribution in [1.82, 2.24) is 0 Å². The van der Waals surface area contributed by atoms with Gasteiger partial charge in [-0.1, -0.05) is 24.3 Å². The van der Waals surface area contributed by atoms with Gasteiger partial charge in [0.1, 0.15) is 11.6 Å². The molecule has 6 heteroatoms. The lowest BCUT2D eigenvalue weighted by Crippen LogP contribution is -2.30. The van der Waals surface area contributed by atoms with Crippen molar-refractivity contribution in [2.24, 2.45) is 0 Å². The van der Waals surface area contributed by atoms with E-state index in [1.165, 1.54) is 49.4 Å². The van der Waals surface area contributed by atoms with E-state index in [2.05, 4.69) is 5.32 Å². The van der Waals surface area contributed by atoms with Crippen LogP contribution in [-0.2, 0) is 20.7 Å². The Kier molecular flexibility index (Phi) is 5.41. The van der Waals surface area contributed by atoms with Crippen molar-refractivity contribution in [1.29, 1.82) is 0 Å². The Balaban J connectivity index is 1.89. The Morgan fingerprint density at radius 1 is 1.09 bits per heavy atom. The van der Waals surface area contributed by atoms with Crippen molar-refractivity contribution in [3.05, 3.63) is 65.7 Å². The summed E-state index contributed by atoms with van der Waals surface area (Å²) in [5.74, 6) is -2.25. The Labute approximate surface area is 132 Å². The van der Waals surface area contributed by atoms with Crippen molar-refractivity contribution in [2.45, 2.75) is 19.4 Å². The van der Waals surface area contributed by atoms with E-state index in [-0.39, 0.29) is 12.1 Å². The zero-order chi connectivity index (χ0) is 16.8. The van der Waals surface area contributed by atoms with Gasteiger partial charge in [0, 0.05) is 0 Å². The summed E-state index contributed by atoms with van der Waals surface area (Å²) in [4.78, 5) is 23.7. The third-order valence-electron chi connectivity index (χ3n) is 3.07. The van der Waals surface area contributed by atoms with Gasteiger partial charge in [-0.05, 0) is 36.8 Å². The molecule has 2 aromatic carbocycles. The van der Waals surface area contributed by atoms with Crippen LogP contribution in [0.2, 0.25) is 0 Å². The number of nitrogens with one attached hydrogen (secondary N) is 1. The number of benzene rings is 2. The van der Waals surface area contributed by atoms with Gasteiger partial charge in [-0.3, -0.25) is 9.59 Å². The number of para-hydroxylation sites is 1. The predicted octanol–water partition coefficient (Wildman–Crippen LogP) is 3.08. The van der Waals surface area contributed by atoms with Crippen molar-refractivity contribution in [2.75, 3.05) is 5.32 Å². The highest BCUT2D eigenvalue weighted by Gasteiger charge is 2.19. The SMILES string of the molecule is C[C@H](OC(=O)Cc1ccc(F)cc1)C(=O)Nc1ccccc1F. The zero-order valence-electron chi connectivity index (χ0n) is 12.4. The van der Waals surface area contributed by atoms with Gasteiger partial charge in [0.2, 0.25) is 0 Å². The highest BCUT2D eigenvalue weighted by atomic mass is 19.1. The summed E-state index contributed by atoms with van der Waals surface area (Å²) in [6.07, 6.45) is -1.17. The molecule has 0 spiro atoms. The summed E-state index contributed by atoms with van der Waals surface area (Å²) in [5.41, 5.74) is 0.581. The van der Waals surface area contributed by atoms with E-state index in [0.29, 0.717) is 5.56 Å². The Morgan fingerprint density at radius 2 is 1.74 bits per heavy atom. The first-order valence-electron chi connectivity index (χ1n) is 6.95. The summed E-state index contributed by atoms with van der Waals surface area (Å²) < 4.78 is 31.2. The molecule has 23 heavy (non-hydrogen) atoms. The summed E-state index contributed by atoms with van der Waals surface area (Å²) in [6, 6.07) is 11.1. The molecular weight excluding hydrogens is 304 g/mol. The first-order chi connectivity index (χ1) is 11.0. The number of ether oxygens (including phenoxy) is 1. The van der Waals surface area contributed by atoms with Crippen LogP contribution in [0.5, 0.6) is 0 Å². The summed E-state index contributed by atoms with van der Waals surface area (Å²) in [5, 5.41) is 2.35. The number of hydrogen-bond acceptors (Lipinski definition) is 3. The van der Waals surface area contributed by atoms with Gasteiger partial charge < -0.3 is 10.1 Å². The topological polar surface area (TPSA) is 55.4 Å². The van der Waals surface area contributed by atoms with Gasteiger partial charge in [0.05, 0.1) is 12.1 Å². The fourth-order valence-electron chi connectivity index (χ4n) is 1.86. The Bertz CT molecular complexity index is 701. The van der Waals surface area contributed by atoms with Crippen molar-refractivity contribution in [3.63, 3.8) is 0 Å². The minimum Gasteiger partial charge on any atom is -0.452 e. The molecule has 0 aliphatic rings. The maximum Gasteiger partial charge on any atom is 0.311 e. The number of carbonyl (C=O) groups is 2. The van der Waals surface area contributed by atoms with E-state index >= 15 is 0 Å². The van der Waals surface area contributed by atoms with Crippen LogP contribution < -0.4 is 5.32 Å². The average Bonchev–Trinajstić information content (AvgIpc) is 2.51. The molecule has 1 N–H and O–H groups in total. The van der Waals surface area contributed by atoms with Crippen LogP contribution in [0.3, 0.4) is 0 Å². The lowest BCUT2D eigenvalue weighted by Gasteiger charge is -2.14. The summed E-state index contributed by atoms with van der Waals surface area (Å²) in [7, 11) is 0. The van der Waals surface area contributed by atoms with Crippen LogP contribution in [-0.4, -0.2) is 18.0 Å². The smallest absolute Gasteiger partial charge is 0.311 e. The lowest BCUT2D eigenvalue weighted by atomic mass is 10.1. The average molecular weight is 319 g/mol. The van der Waals surface area contributed by atoms with Crippen LogP contribution in [0, 0.1) is 11.6 Å². The van der Waals surface area contributed by atoms with E-state index in [0.717, 1.165) is 0 Å². The number of carbonyl (C=O) groups excluding carboxylic acids is 2. The lowest BCUT2D eigenvalue weighted by molar-refractivity contribution is -0.152. The minimum absolute atomic E-state index is 0.0129. The number of amides is 1. The molecule has 0 bridgehead atoms. The van der Waals surface area contributed by atoms with Crippen LogP contribution in [0.15, 0.2) is 48.5 Å². The molecule has 0 unspecified atom stereocenters. The molecule has 0 aliphatic heterocycles. The molecule has 0 saturated carbocycles. The molecule has 120 valence electrons. The quantitative estimate of drug-likeness (QED) is 0.862. The van der Waals surface area contributed by atoms with Crippen LogP contribution in [0.4, 0.5) is 14.5 Å². The van der Waals surface area contributed by atoms with E-state index in [4.69, 9.17) is 4.74 Å². The standard InChI is InChI=1S/C17H15F2NO3/c1-11(17(22)20-15-5-3-2-4-14(15)19)23-16(21)10-12-6-8-13(18)9-7-12/h2-9,11H,10H2,1H3,(H,20,22)/t11-/m0/s1. The monoisotopic (exact) mass is 319 g/mol.